The number of nitrogens with one attached hydrogen (secondary N) is 1. The Morgan fingerprint density at radius 1 is 1.23 bits per heavy atom. The Kier molecular flexibility index (Phi) is 3.56. The molecule has 0 aliphatic carbocycles. The van der Waals surface area contributed by atoms with Gasteiger partial charge in [0.15, 0.2) is 0 Å². The number of nitriles is 1. The molecule has 0 saturated heterocycles. The lowest BCUT2D eigenvalue weighted by atomic mass is 9.90. The standard InChI is InChI=1S/C20H15N3O2S/c1-20(2,10-21)15-6-3-11(9-22-15)16-14(24)5-4-13-17(16)12-7-8-26-18(12)19(25)23-13/h3-9,24H,1-2H3,(H,23,25). The van der Waals surface area contributed by atoms with E-state index in [0.717, 1.165) is 16.3 Å². The van der Waals surface area contributed by atoms with Crippen molar-refractivity contribution in [3.05, 3.63) is 58.0 Å². The summed E-state index contributed by atoms with van der Waals surface area (Å²) in [7, 11) is 0. The molecule has 1 aromatic carbocycles. The summed E-state index contributed by atoms with van der Waals surface area (Å²) in [5, 5.41) is 23.3. The predicted molar refractivity (Wildman–Crippen MR) is 103 cm³/mol. The van der Waals surface area contributed by atoms with E-state index in [0.29, 0.717) is 21.5 Å². The molecule has 128 valence electrons. The fraction of sp³-hybridized carbons (Fsp3) is 0.150. The number of phenols is 1. The van der Waals surface area contributed by atoms with Crippen molar-refractivity contribution in [1.82, 2.24) is 9.97 Å². The van der Waals surface area contributed by atoms with E-state index in [2.05, 4.69) is 16.0 Å². The molecule has 3 aromatic heterocycles. The van der Waals surface area contributed by atoms with Crippen molar-refractivity contribution in [2.75, 3.05) is 0 Å². The highest BCUT2D eigenvalue weighted by Gasteiger charge is 2.22. The highest BCUT2D eigenvalue weighted by molar-refractivity contribution is 7.17. The van der Waals surface area contributed by atoms with Gasteiger partial charge in [0.1, 0.15) is 10.4 Å². The molecular weight excluding hydrogens is 346 g/mol. The third kappa shape index (κ3) is 2.37. The van der Waals surface area contributed by atoms with Gasteiger partial charge in [-0.05, 0) is 43.5 Å². The van der Waals surface area contributed by atoms with Crippen LogP contribution in [-0.2, 0) is 5.41 Å². The molecule has 4 aromatic rings. The molecule has 5 nitrogen and oxygen atoms in total. The molecule has 0 unspecified atom stereocenters. The summed E-state index contributed by atoms with van der Waals surface area (Å²) < 4.78 is 0.625. The number of fused-ring (bicyclic) bond motifs is 3. The molecule has 3 heterocycles. The number of aromatic nitrogens is 2. The van der Waals surface area contributed by atoms with Gasteiger partial charge in [-0.2, -0.15) is 5.26 Å². The molecule has 0 spiro atoms. The van der Waals surface area contributed by atoms with E-state index in [9.17, 15) is 15.2 Å². The van der Waals surface area contributed by atoms with E-state index in [-0.39, 0.29) is 11.3 Å². The van der Waals surface area contributed by atoms with Crippen molar-refractivity contribution in [1.29, 1.82) is 5.26 Å². The van der Waals surface area contributed by atoms with Crippen LogP contribution in [0, 0.1) is 11.3 Å². The number of phenolic OH excluding ortho intramolecular Hbond substituents is 1. The van der Waals surface area contributed by atoms with Crippen LogP contribution in [0.2, 0.25) is 0 Å². The second-order valence-electron chi connectivity index (χ2n) is 6.67. The zero-order valence-electron chi connectivity index (χ0n) is 14.2. The van der Waals surface area contributed by atoms with Crippen molar-refractivity contribution < 1.29 is 5.11 Å². The van der Waals surface area contributed by atoms with Crippen LogP contribution in [0.4, 0.5) is 0 Å². The van der Waals surface area contributed by atoms with Crippen molar-refractivity contribution in [2.24, 2.45) is 0 Å². The minimum Gasteiger partial charge on any atom is -0.507 e. The smallest absolute Gasteiger partial charge is 0.266 e. The number of nitrogens with zero attached hydrogens (tertiary/aromatic N) is 2. The van der Waals surface area contributed by atoms with Crippen LogP contribution in [0.15, 0.2) is 46.7 Å². The van der Waals surface area contributed by atoms with Gasteiger partial charge in [-0.25, -0.2) is 0 Å². The third-order valence-electron chi connectivity index (χ3n) is 4.54. The summed E-state index contributed by atoms with van der Waals surface area (Å²) in [4.78, 5) is 19.5. The van der Waals surface area contributed by atoms with E-state index in [4.69, 9.17) is 0 Å². The van der Waals surface area contributed by atoms with Gasteiger partial charge in [-0.1, -0.05) is 6.07 Å². The first-order valence-electron chi connectivity index (χ1n) is 8.06. The van der Waals surface area contributed by atoms with Crippen molar-refractivity contribution >= 4 is 32.3 Å². The molecule has 4 rings (SSSR count). The summed E-state index contributed by atoms with van der Waals surface area (Å²) in [6.45, 7) is 3.62. The van der Waals surface area contributed by atoms with Gasteiger partial charge < -0.3 is 10.1 Å². The number of hydrogen-bond donors (Lipinski definition) is 2. The number of pyridine rings is 2. The van der Waals surface area contributed by atoms with E-state index < -0.39 is 5.41 Å². The molecule has 0 aliphatic rings. The fourth-order valence-corrected chi connectivity index (χ4v) is 3.89. The maximum atomic E-state index is 12.2. The van der Waals surface area contributed by atoms with Crippen LogP contribution in [0.25, 0.3) is 32.1 Å². The van der Waals surface area contributed by atoms with E-state index in [1.807, 2.05) is 31.4 Å². The minimum atomic E-state index is -0.689. The van der Waals surface area contributed by atoms with E-state index in [1.54, 1.807) is 24.4 Å². The lowest BCUT2D eigenvalue weighted by Gasteiger charge is -2.15. The first-order chi connectivity index (χ1) is 12.4. The highest BCUT2D eigenvalue weighted by Crippen LogP contribution is 2.39. The summed E-state index contributed by atoms with van der Waals surface area (Å²) in [5.74, 6) is 0.117. The van der Waals surface area contributed by atoms with Crippen LogP contribution < -0.4 is 5.56 Å². The van der Waals surface area contributed by atoms with Crippen LogP contribution >= 0.6 is 11.3 Å². The highest BCUT2D eigenvalue weighted by atomic mass is 32.1. The van der Waals surface area contributed by atoms with Crippen molar-refractivity contribution in [3.8, 4) is 22.9 Å². The van der Waals surface area contributed by atoms with Gasteiger partial charge in [-0.15, -0.1) is 11.3 Å². The summed E-state index contributed by atoms with van der Waals surface area (Å²) in [6, 6.07) is 11.0. The molecule has 0 fully saturated rings. The average Bonchev–Trinajstić information content (AvgIpc) is 3.13. The zero-order valence-corrected chi connectivity index (χ0v) is 15.0. The Hall–Kier alpha value is -3.17. The second kappa shape index (κ2) is 5.68. The van der Waals surface area contributed by atoms with Gasteiger partial charge >= 0.3 is 0 Å². The molecule has 0 aliphatic heterocycles. The van der Waals surface area contributed by atoms with Gasteiger partial charge in [-0.3, -0.25) is 9.78 Å². The van der Waals surface area contributed by atoms with Gasteiger partial charge in [0.05, 0.1) is 17.2 Å². The molecule has 0 radical (unpaired) electrons. The van der Waals surface area contributed by atoms with Crippen LogP contribution in [0.5, 0.6) is 5.75 Å². The number of thiophene rings is 1. The maximum Gasteiger partial charge on any atom is 0.266 e. The lowest BCUT2D eigenvalue weighted by molar-refractivity contribution is 0.478. The van der Waals surface area contributed by atoms with Crippen molar-refractivity contribution in [3.63, 3.8) is 0 Å². The molecule has 6 heteroatoms. The molecule has 0 bridgehead atoms. The SMILES string of the molecule is CC(C)(C#N)c1ccc(-c2c(O)ccc3[nH]c(=O)c4sccc4c23)cn1. The van der Waals surface area contributed by atoms with Gasteiger partial charge in [0.25, 0.3) is 5.56 Å². The minimum absolute atomic E-state index is 0.117. The second-order valence-corrected chi connectivity index (χ2v) is 7.58. The maximum absolute atomic E-state index is 12.2. The Morgan fingerprint density at radius 3 is 2.73 bits per heavy atom. The zero-order chi connectivity index (χ0) is 18.5. The number of hydrogen-bond acceptors (Lipinski definition) is 5. The number of aromatic amines is 1. The van der Waals surface area contributed by atoms with Crippen molar-refractivity contribution in [2.45, 2.75) is 19.3 Å². The molecular formula is C20H15N3O2S. The molecule has 0 saturated carbocycles. The van der Waals surface area contributed by atoms with Crippen LogP contribution in [0.1, 0.15) is 19.5 Å². The first kappa shape index (κ1) is 16.3. The Labute approximate surface area is 153 Å². The predicted octanol–water partition coefficient (Wildman–Crippen LogP) is 4.31. The quantitative estimate of drug-likeness (QED) is 0.557. The van der Waals surface area contributed by atoms with Gasteiger partial charge in [0.2, 0.25) is 0 Å². The third-order valence-corrected chi connectivity index (χ3v) is 5.46. The monoisotopic (exact) mass is 361 g/mol. The summed E-state index contributed by atoms with van der Waals surface area (Å²) in [5.41, 5.74) is 1.85. The molecule has 0 atom stereocenters. The molecule has 0 amide bonds. The molecule has 26 heavy (non-hydrogen) atoms. The fourth-order valence-electron chi connectivity index (χ4n) is 3.10. The van der Waals surface area contributed by atoms with E-state index >= 15 is 0 Å². The van der Waals surface area contributed by atoms with Crippen LogP contribution in [0.3, 0.4) is 0 Å². The average molecular weight is 361 g/mol. The Morgan fingerprint density at radius 2 is 2.04 bits per heavy atom. The lowest BCUT2D eigenvalue weighted by Crippen LogP contribution is -2.15. The number of H-pyrrole nitrogens is 1. The summed E-state index contributed by atoms with van der Waals surface area (Å²) in [6.07, 6.45) is 1.66. The number of aromatic hydroxyl groups is 1. The number of benzene rings is 1. The Bertz CT molecular complexity index is 1240. The topological polar surface area (TPSA) is 89.8 Å². The number of rotatable bonds is 2. The molecule has 2 N–H and O–H groups in total. The van der Waals surface area contributed by atoms with E-state index in [1.165, 1.54) is 11.3 Å². The normalized spacial score (nSPS) is 11.7. The summed E-state index contributed by atoms with van der Waals surface area (Å²) >= 11 is 1.37. The van der Waals surface area contributed by atoms with Crippen LogP contribution in [-0.4, -0.2) is 15.1 Å². The van der Waals surface area contributed by atoms with Gasteiger partial charge in [0, 0.05) is 33.6 Å². The first-order valence-corrected chi connectivity index (χ1v) is 8.93. The largest absolute Gasteiger partial charge is 0.507 e. The Balaban J connectivity index is 2.03.